The predicted octanol–water partition coefficient (Wildman–Crippen LogP) is 2.22. The monoisotopic (exact) mass is 232 g/mol. The van der Waals surface area contributed by atoms with Crippen molar-refractivity contribution in [2.45, 2.75) is 13.8 Å². The van der Waals surface area contributed by atoms with Gasteiger partial charge in [0.05, 0.1) is 11.1 Å². The van der Waals surface area contributed by atoms with Gasteiger partial charge in [-0.25, -0.2) is 0 Å². The van der Waals surface area contributed by atoms with E-state index in [0.717, 1.165) is 4.47 Å². The second-order valence-corrected chi connectivity index (χ2v) is 4.02. The van der Waals surface area contributed by atoms with Crippen molar-refractivity contribution in [3.8, 4) is 5.88 Å². The number of aromatic nitrogens is 2. The van der Waals surface area contributed by atoms with Crippen molar-refractivity contribution in [3.05, 3.63) is 10.7 Å². The van der Waals surface area contributed by atoms with Crippen molar-refractivity contribution in [2.24, 2.45) is 13.0 Å². The van der Waals surface area contributed by atoms with E-state index in [-0.39, 0.29) is 0 Å². The number of ether oxygens (including phenoxy) is 1. The summed E-state index contributed by atoms with van der Waals surface area (Å²) in [7, 11) is 1.87. The maximum Gasteiger partial charge on any atom is 0.247 e. The summed E-state index contributed by atoms with van der Waals surface area (Å²) in [5.74, 6) is 1.20. The molecule has 4 heteroatoms. The van der Waals surface area contributed by atoms with Gasteiger partial charge in [-0.1, -0.05) is 13.8 Å². The lowest BCUT2D eigenvalue weighted by molar-refractivity contribution is 0.258. The maximum absolute atomic E-state index is 5.44. The molecule has 0 aromatic carbocycles. The van der Waals surface area contributed by atoms with Gasteiger partial charge in [-0.15, -0.1) is 5.10 Å². The van der Waals surface area contributed by atoms with Crippen LogP contribution >= 0.6 is 15.9 Å². The summed E-state index contributed by atoms with van der Waals surface area (Å²) in [6, 6.07) is 0. The molecule has 0 aliphatic carbocycles. The molecule has 0 bridgehead atoms. The third-order valence-electron chi connectivity index (χ3n) is 1.31. The summed E-state index contributed by atoms with van der Waals surface area (Å²) in [5, 5.41) is 4.13. The number of nitrogens with zero attached hydrogens (tertiary/aromatic N) is 2. The fourth-order valence-electron chi connectivity index (χ4n) is 0.783. The van der Waals surface area contributed by atoms with E-state index in [1.165, 1.54) is 0 Å². The lowest BCUT2D eigenvalue weighted by Gasteiger charge is -2.05. The van der Waals surface area contributed by atoms with Crippen LogP contribution in [-0.4, -0.2) is 16.4 Å². The van der Waals surface area contributed by atoms with E-state index in [4.69, 9.17) is 4.74 Å². The van der Waals surface area contributed by atoms with Gasteiger partial charge in [0.25, 0.3) is 0 Å². The van der Waals surface area contributed by atoms with Crippen LogP contribution in [0.15, 0.2) is 10.7 Å². The van der Waals surface area contributed by atoms with Crippen LogP contribution in [0.25, 0.3) is 0 Å². The van der Waals surface area contributed by atoms with Crippen molar-refractivity contribution in [1.29, 1.82) is 0 Å². The van der Waals surface area contributed by atoms with Crippen molar-refractivity contribution in [2.75, 3.05) is 6.61 Å². The average Bonchev–Trinajstić information content (AvgIpc) is 2.26. The Morgan fingerprint density at radius 2 is 2.33 bits per heavy atom. The van der Waals surface area contributed by atoms with Crippen molar-refractivity contribution < 1.29 is 4.74 Å². The van der Waals surface area contributed by atoms with Gasteiger partial charge in [0.2, 0.25) is 5.88 Å². The molecule has 68 valence electrons. The first-order valence-corrected chi connectivity index (χ1v) is 4.71. The van der Waals surface area contributed by atoms with Gasteiger partial charge in [0, 0.05) is 13.2 Å². The zero-order chi connectivity index (χ0) is 9.14. The Morgan fingerprint density at radius 3 is 2.75 bits per heavy atom. The summed E-state index contributed by atoms with van der Waals surface area (Å²) in [6.07, 6.45) is 1.87. The minimum atomic E-state index is 0.527. The molecule has 1 aromatic heterocycles. The van der Waals surface area contributed by atoms with Crippen LogP contribution in [0.3, 0.4) is 0 Å². The summed E-state index contributed by atoms with van der Waals surface area (Å²) in [5.41, 5.74) is 0. The number of aryl methyl sites for hydroxylation is 1. The molecule has 0 spiro atoms. The Hall–Kier alpha value is -0.510. The maximum atomic E-state index is 5.44. The van der Waals surface area contributed by atoms with E-state index in [9.17, 15) is 0 Å². The van der Waals surface area contributed by atoms with Crippen LogP contribution in [0.1, 0.15) is 13.8 Å². The van der Waals surface area contributed by atoms with E-state index >= 15 is 0 Å². The summed E-state index contributed by atoms with van der Waals surface area (Å²) < 4.78 is 8.07. The fourth-order valence-corrected chi connectivity index (χ4v) is 1.27. The van der Waals surface area contributed by atoms with E-state index in [2.05, 4.69) is 34.9 Å². The summed E-state index contributed by atoms with van der Waals surface area (Å²) in [6.45, 7) is 4.92. The molecule has 0 unspecified atom stereocenters. The van der Waals surface area contributed by atoms with Gasteiger partial charge < -0.3 is 4.74 Å². The topological polar surface area (TPSA) is 27.1 Å². The normalized spacial score (nSPS) is 10.8. The van der Waals surface area contributed by atoms with Crippen LogP contribution in [0.5, 0.6) is 5.88 Å². The van der Waals surface area contributed by atoms with Gasteiger partial charge in [-0.2, -0.15) is 0 Å². The number of hydrogen-bond donors (Lipinski definition) is 0. The summed E-state index contributed by atoms with van der Waals surface area (Å²) >= 11 is 3.36. The molecular formula is C8H13BrN2O. The Morgan fingerprint density at radius 1 is 1.67 bits per heavy atom. The van der Waals surface area contributed by atoms with Crippen molar-refractivity contribution >= 4 is 15.9 Å². The van der Waals surface area contributed by atoms with Crippen LogP contribution in [0.4, 0.5) is 0 Å². The standard InChI is InChI=1S/C8H13BrN2O/c1-6(2)5-12-8-7(9)4-11(3)10-8/h4,6H,5H2,1-3H3. The molecule has 1 aromatic rings. The molecule has 1 heterocycles. The molecule has 0 saturated carbocycles. The fraction of sp³-hybridized carbons (Fsp3) is 0.625. The molecule has 0 saturated heterocycles. The Bertz CT molecular complexity index is 258. The molecule has 0 N–H and O–H groups in total. The van der Waals surface area contributed by atoms with Crippen molar-refractivity contribution in [3.63, 3.8) is 0 Å². The third-order valence-corrected chi connectivity index (χ3v) is 1.85. The second-order valence-electron chi connectivity index (χ2n) is 3.16. The van der Waals surface area contributed by atoms with Gasteiger partial charge in [0.15, 0.2) is 0 Å². The Kier molecular flexibility index (Phi) is 3.14. The SMILES string of the molecule is CC(C)COc1nn(C)cc1Br. The largest absolute Gasteiger partial charge is 0.476 e. The van der Waals surface area contributed by atoms with Crippen LogP contribution in [0.2, 0.25) is 0 Å². The first-order valence-electron chi connectivity index (χ1n) is 3.91. The molecule has 0 amide bonds. The Balaban J connectivity index is 2.57. The van der Waals surface area contributed by atoms with E-state index in [1.807, 2.05) is 13.2 Å². The number of rotatable bonds is 3. The minimum Gasteiger partial charge on any atom is -0.476 e. The molecular weight excluding hydrogens is 220 g/mol. The molecule has 3 nitrogen and oxygen atoms in total. The zero-order valence-electron chi connectivity index (χ0n) is 7.54. The predicted molar refractivity (Wildman–Crippen MR) is 51.2 cm³/mol. The summed E-state index contributed by atoms with van der Waals surface area (Å²) in [4.78, 5) is 0. The highest BCUT2D eigenvalue weighted by Gasteiger charge is 2.05. The first-order chi connectivity index (χ1) is 5.59. The zero-order valence-corrected chi connectivity index (χ0v) is 9.13. The molecule has 0 fully saturated rings. The molecule has 12 heavy (non-hydrogen) atoms. The lowest BCUT2D eigenvalue weighted by atomic mass is 10.2. The number of hydrogen-bond acceptors (Lipinski definition) is 2. The smallest absolute Gasteiger partial charge is 0.247 e. The van der Waals surface area contributed by atoms with Gasteiger partial charge in [-0.3, -0.25) is 4.68 Å². The van der Waals surface area contributed by atoms with Crippen LogP contribution in [-0.2, 0) is 7.05 Å². The molecule has 0 atom stereocenters. The van der Waals surface area contributed by atoms with Gasteiger partial charge >= 0.3 is 0 Å². The highest BCUT2D eigenvalue weighted by Crippen LogP contribution is 2.22. The van der Waals surface area contributed by atoms with E-state index in [1.54, 1.807) is 4.68 Å². The average molecular weight is 233 g/mol. The number of halogens is 1. The second kappa shape index (κ2) is 3.94. The van der Waals surface area contributed by atoms with Crippen molar-refractivity contribution in [1.82, 2.24) is 9.78 Å². The van der Waals surface area contributed by atoms with E-state index in [0.29, 0.717) is 18.4 Å². The Labute approximate surface area is 80.8 Å². The highest BCUT2D eigenvalue weighted by atomic mass is 79.9. The molecule has 0 aliphatic heterocycles. The van der Waals surface area contributed by atoms with E-state index < -0.39 is 0 Å². The minimum absolute atomic E-state index is 0.527. The molecule has 1 rings (SSSR count). The quantitative estimate of drug-likeness (QED) is 0.800. The first kappa shape index (κ1) is 9.58. The third kappa shape index (κ3) is 2.52. The molecule has 0 radical (unpaired) electrons. The van der Waals surface area contributed by atoms with Gasteiger partial charge in [0.1, 0.15) is 0 Å². The van der Waals surface area contributed by atoms with Gasteiger partial charge in [-0.05, 0) is 21.8 Å². The lowest BCUT2D eigenvalue weighted by Crippen LogP contribution is -2.05. The van der Waals surface area contributed by atoms with Crippen LogP contribution in [0, 0.1) is 5.92 Å². The molecule has 0 aliphatic rings. The van der Waals surface area contributed by atoms with Crippen LogP contribution < -0.4 is 4.74 Å². The highest BCUT2D eigenvalue weighted by molar-refractivity contribution is 9.10.